The van der Waals surface area contributed by atoms with Gasteiger partial charge in [0.25, 0.3) is 0 Å². The Kier molecular flexibility index (Phi) is 57.0. The summed E-state index contributed by atoms with van der Waals surface area (Å²) in [6, 6.07) is 77.8. The number of rotatable bonds is 34. The number of carbonyl (C=O) groups is 3. The fourth-order valence-electron chi connectivity index (χ4n) is 13.5. The molecule has 3 aromatic heterocycles. The zero-order chi connectivity index (χ0) is 97.5. The van der Waals surface area contributed by atoms with Crippen molar-refractivity contribution in [2.75, 3.05) is 13.7 Å². The zero-order valence-electron chi connectivity index (χ0n) is 75.0. The fraction of sp³-hybridized carbons (Fsp3) is 0.250. The Morgan fingerprint density at radius 1 is 0.418 bits per heavy atom. The van der Waals surface area contributed by atoms with Crippen molar-refractivity contribution in [2.45, 2.75) is 148 Å². The normalized spacial score (nSPS) is 11.2. The van der Waals surface area contributed by atoms with E-state index in [1.807, 2.05) is 202 Å². The van der Waals surface area contributed by atoms with E-state index in [1.165, 1.54) is 61.2 Å². The summed E-state index contributed by atoms with van der Waals surface area (Å²) in [7, 11) is 1.37. The maximum atomic E-state index is 11.9. The van der Waals surface area contributed by atoms with Crippen LogP contribution in [-0.2, 0) is 17.6 Å². The molecule has 10 aromatic carbocycles. The van der Waals surface area contributed by atoms with E-state index in [2.05, 4.69) is 211 Å². The van der Waals surface area contributed by atoms with Gasteiger partial charge in [0.05, 0.1) is 19.3 Å². The first-order chi connectivity index (χ1) is 63.6. The van der Waals surface area contributed by atoms with Gasteiger partial charge in [-0.1, -0.05) is 290 Å². The number of halogens is 15. The smallest absolute Gasteiger partial charge is 0.348 e. The molecule has 2 atom stereocenters. The van der Waals surface area contributed by atoms with Crippen LogP contribution in [0.3, 0.4) is 0 Å². The second kappa shape index (κ2) is 64.1. The van der Waals surface area contributed by atoms with E-state index in [0.29, 0.717) is 29.9 Å². The maximum Gasteiger partial charge on any atom is 0.348 e. The number of methoxy groups -OCH3 is 1. The van der Waals surface area contributed by atoms with Crippen LogP contribution in [0.15, 0.2) is 339 Å². The van der Waals surface area contributed by atoms with Gasteiger partial charge in [-0.2, -0.15) is 0 Å². The quantitative estimate of drug-likeness (QED) is 0.0125. The molecule has 0 amide bonds. The van der Waals surface area contributed by atoms with Gasteiger partial charge in [0, 0.05) is 107 Å². The van der Waals surface area contributed by atoms with Crippen molar-refractivity contribution in [1.29, 1.82) is 0 Å². The van der Waals surface area contributed by atoms with Crippen LogP contribution in [0.4, 0.5) is 0 Å². The fourth-order valence-corrected chi connectivity index (χ4v) is 37.3. The first kappa shape index (κ1) is 119. The van der Waals surface area contributed by atoms with E-state index < -0.39 is 37.1 Å². The molecule has 0 N–H and O–H groups in total. The van der Waals surface area contributed by atoms with Gasteiger partial charge in [-0.15, -0.1) is 113 Å². The number of aromatic nitrogens is 3. The molecule has 3 heterocycles. The molecule has 0 radical (unpaired) electrons. The SMILES string of the molecule is Brc1ccc(-c2cc(-c3ccc(Br)cc3)on2)cc1.C.C=CCc1ccc(-c2cc(-c3ccc(CC=C)cc3)on2)cc1.C=C[CH2][Sn]([CH2]CCC)([CH2]CCC)[CH2]CCC.CC(=O)c1ccc(Br)cc1.CCC(c1ccc(-c2cc(-c3ccc(C(CC)[Si](Cl)(Cl)Cl)cc3)on2)cc1)[Si](Cl)(Cl)Cl.COC(=O)c1ccc(Br)cc1.Cl[SiH](Cl)Cl.O=C(CCOc1ccc(Br)cc1)c1ccc(Br)cc1. The van der Waals surface area contributed by atoms with Crippen LogP contribution in [-0.4, -0.2) is 83.8 Å². The van der Waals surface area contributed by atoms with E-state index in [-0.39, 0.29) is 36.0 Å². The average Bonchev–Trinajstić information content (AvgIpc) is 1.60. The van der Waals surface area contributed by atoms with Crippen LogP contribution in [0.1, 0.15) is 171 Å². The summed E-state index contributed by atoms with van der Waals surface area (Å²) in [5, 5.41) is 12.5. The Balaban J connectivity index is 0.000000281. The average molecular weight is 2530 g/mol. The summed E-state index contributed by atoms with van der Waals surface area (Å²) in [4.78, 5) is 33.5. The molecule has 2 unspecified atom stereocenters. The van der Waals surface area contributed by atoms with Crippen molar-refractivity contribution in [3.05, 3.63) is 365 Å². The second-order valence-corrected chi connectivity index (χ2v) is 74.2. The molecule has 0 bridgehead atoms. The summed E-state index contributed by atoms with van der Waals surface area (Å²) in [6.45, 7) is 22.8. The Morgan fingerprint density at radius 3 is 1.00 bits per heavy atom. The minimum Gasteiger partial charge on any atom is -0.493 e. The number of carbonyl (C=O) groups excluding carboxylic acids is 3. The number of unbranched alkanes of at least 4 members (excludes halogenated alkanes) is 3. The molecule has 0 fully saturated rings. The number of ether oxygens (including phenoxy) is 2. The number of Topliss-reactive ketones (excluding diaryl/α,β-unsaturated/α-hetero) is 2. The number of hydrogen-bond donors (Lipinski definition) is 0. The predicted octanol–water partition coefficient (Wildman–Crippen LogP) is 38.2. The zero-order valence-corrected chi connectivity index (χ0v) is 97.3. The van der Waals surface area contributed by atoms with Crippen LogP contribution < -0.4 is 4.74 Å². The van der Waals surface area contributed by atoms with Gasteiger partial charge in [-0.3, -0.25) is 9.59 Å². The Hall–Kier alpha value is -5.40. The minimum atomic E-state index is -2.83. The summed E-state index contributed by atoms with van der Waals surface area (Å²) in [5.74, 6) is 2.87. The molecule has 11 nitrogen and oxygen atoms in total. The van der Waals surface area contributed by atoms with E-state index in [9.17, 15) is 14.4 Å². The second-order valence-electron chi connectivity index (χ2n) is 30.5. The standard InChI is InChI=1S/C21H21Cl6NOSi2.C21H19NO.C15H9Br2NO.C15H12Br2O2.C8H7BrO2.C8H7BrO.3C4H9.C3H5.CH4.Cl3HSi.Sn/c1-3-20(30(22,23)24)16-9-5-14(6-10-16)18-13-19(29-28-18)15-7-11-17(12-8-15)21(4-2)31(25,26)27;1-3-5-16-7-11-18(12-8-16)20-15-21(23-22-20)19-13-9-17(6-4-2)10-14-19;16-12-5-1-10(2-6-12)14-9-15(19-18-14)11-3-7-13(17)8-4-11;16-12-3-1-11(2-4-12)15(18)9-10-19-14-7-5-13(17)6-8-14;1-11-8(10)6-2-4-7(9)5-3-6;1-6(10)7-2-4-8(9)5-3-7;3*1-3-4-2;1-3-2;;1-4(2)3;/h5-13,20-21H,3-4H2,1-2H3;3-4,7-15H,1-2,5-6H2;1-9H;1-8H,9-10H2;2-5H,1H3;2-5H,1H3;3*1,3-4H2,2H3;3H,1-2H2;1H4;4H;. The van der Waals surface area contributed by atoms with Gasteiger partial charge in [0.1, 0.15) is 22.8 Å². The maximum absolute atomic E-state index is 11.9. The summed E-state index contributed by atoms with van der Waals surface area (Å²) in [5.41, 5.74) is 14.9. The Morgan fingerprint density at radius 2 is 0.701 bits per heavy atom. The van der Waals surface area contributed by atoms with Gasteiger partial charge in [-0.05, 0) is 152 Å². The molecule has 0 spiro atoms. The molecule has 13 rings (SSSR count). The van der Waals surface area contributed by atoms with E-state index >= 15 is 0 Å². The van der Waals surface area contributed by atoms with E-state index in [1.54, 1.807) is 56.6 Å². The third-order valence-corrected chi connectivity index (χ3v) is 47.1. The Bertz CT molecular complexity index is 5380. The molecule has 134 heavy (non-hydrogen) atoms. The van der Waals surface area contributed by atoms with Crippen molar-refractivity contribution in [3.63, 3.8) is 0 Å². The summed E-state index contributed by atoms with van der Waals surface area (Å²) in [6.07, 6.45) is 18.3. The molecule has 13 aromatic rings. The van der Waals surface area contributed by atoms with Crippen LogP contribution in [0, 0.1) is 0 Å². The molecule has 0 aliphatic rings. The number of nitrogens with zero attached hydrogens (tertiary/aromatic N) is 3. The monoisotopic (exact) mass is 2520 g/mol. The van der Waals surface area contributed by atoms with Crippen molar-refractivity contribution in [2.24, 2.45) is 0 Å². The molecule has 712 valence electrons. The minimum absolute atomic E-state index is 0. The topological polar surface area (TPSA) is 148 Å². The number of esters is 1. The third kappa shape index (κ3) is 43.4. The number of hydrogen-bond acceptors (Lipinski definition) is 11. The molecule has 0 aliphatic heterocycles. The molecule has 30 heteroatoms. The first-order valence-electron chi connectivity index (χ1n) is 43.1. The molecule has 0 saturated heterocycles. The number of allylic oxidation sites excluding steroid dienone is 3. The number of ketones is 2. The van der Waals surface area contributed by atoms with Crippen molar-refractivity contribution < 1.29 is 37.4 Å². The van der Waals surface area contributed by atoms with Gasteiger partial charge >= 0.3 is 133 Å². The molecular formula is C104H112Br6Cl9N3O8Si3Sn. The third-order valence-electron chi connectivity index (χ3n) is 20.7. The van der Waals surface area contributed by atoms with Crippen molar-refractivity contribution in [1.82, 2.24) is 15.5 Å². The number of benzene rings is 10. The van der Waals surface area contributed by atoms with Crippen molar-refractivity contribution in [3.8, 4) is 73.5 Å². The van der Waals surface area contributed by atoms with E-state index in [4.69, 9.17) is 118 Å². The predicted molar refractivity (Wildman–Crippen MR) is 602 cm³/mol. The van der Waals surface area contributed by atoms with E-state index in [0.717, 1.165) is 137 Å². The first-order valence-corrected chi connectivity index (χ1v) is 71.4. The van der Waals surface area contributed by atoms with Crippen LogP contribution in [0.25, 0.3) is 67.7 Å². The largest absolute Gasteiger partial charge is 0.493 e. The molecule has 0 aliphatic carbocycles. The van der Waals surface area contributed by atoms with Gasteiger partial charge in [-0.25, -0.2) is 4.79 Å². The van der Waals surface area contributed by atoms with Gasteiger partial charge in [0.2, 0.25) is 0 Å². The van der Waals surface area contributed by atoms with Crippen LogP contribution >= 0.6 is 195 Å². The Labute approximate surface area is 892 Å². The molecular weight excluding hydrogens is 2420 g/mol. The van der Waals surface area contributed by atoms with Crippen molar-refractivity contribution >= 4 is 250 Å². The van der Waals surface area contributed by atoms with Gasteiger partial charge in [0.15, 0.2) is 28.8 Å². The van der Waals surface area contributed by atoms with Gasteiger partial charge < -0.3 is 23.0 Å². The summed E-state index contributed by atoms with van der Waals surface area (Å²) >= 11 is 70.6. The summed E-state index contributed by atoms with van der Waals surface area (Å²) < 4.78 is 38.8. The van der Waals surface area contributed by atoms with Crippen LogP contribution in [0.5, 0.6) is 5.75 Å². The van der Waals surface area contributed by atoms with Crippen LogP contribution in [0.2, 0.25) is 17.7 Å². The molecule has 0 saturated carbocycles.